The second-order valence-corrected chi connectivity index (χ2v) is 5.25. The number of methoxy groups -OCH3 is 1. The molecule has 2 rings (SSSR count). The Labute approximate surface area is 122 Å². The van der Waals surface area contributed by atoms with Gasteiger partial charge in [-0.1, -0.05) is 12.1 Å². The predicted molar refractivity (Wildman–Crippen MR) is 80.4 cm³/mol. The van der Waals surface area contributed by atoms with Gasteiger partial charge in [0.1, 0.15) is 5.75 Å². The van der Waals surface area contributed by atoms with Gasteiger partial charge < -0.3 is 10.1 Å². The largest absolute Gasteiger partial charge is 0.497 e. The van der Waals surface area contributed by atoms with E-state index in [0.717, 1.165) is 16.6 Å². The first kappa shape index (κ1) is 14.0. The molecule has 0 saturated carbocycles. The number of hydrogen-bond acceptors (Lipinski definition) is 3. The van der Waals surface area contributed by atoms with Crippen molar-refractivity contribution < 1.29 is 4.74 Å². The van der Waals surface area contributed by atoms with Crippen LogP contribution in [0.25, 0.3) is 0 Å². The van der Waals surface area contributed by atoms with Crippen LogP contribution in [0.3, 0.4) is 0 Å². The lowest BCUT2D eigenvalue weighted by atomic mass is 10.00. The van der Waals surface area contributed by atoms with Gasteiger partial charge in [0.2, 0.25) is 0 Å². The number of pyridine rings is 1. The number of likely N-dealkylation sites (N-methyl/N-ethyl adjacent to an activating group) is 1. The quantitative estimate of drug-likeness (QED) is 0.917. The lowest BCUT2D eigenvalue weighted by molar-refractivity contribution is 0.414. The van der Waals surface area contributed by atoms with Gasteiger partial charge in [0.05, 0.1) is 7.11 Å². The van der Waals surface area contributed by atoms with E-state index in [9.17, 15) is 0 Å². The molecule has 0 bridgehead atoms. The maximum atomic E-state index is 5.18. The third-order valence-corrected chi connectivity index (χ3v) is 3.50. The second kappa shape index (κ2) is 6.68. The smallest absolute Gasteiger partial charge is 0.118 e. The standard InChI is InChI=1S/C15H17BrN2O/c1-17-15(8-11-7-13(16)10-18-9-11)12-3-5-14(19-2)6-4-12/h3-7,9-10,15,17H,8H2,1-2H3. The van der Waals surface area contributed by atoms with Gasteiger partial charge in [-0.3, -0.25) is 4.98 Å². The van der Waals surface area contributed by atoms with Gasteiger partial charge in [-0.15, -0.1) is 0 Å². The topological polar surface area (TPSA) is 34.2 Å². The van der Waals surface area contributed by atoms with E-state index in [1.807, 2.05) is 25.4 Å². The van der Waals surface area contributed by atoms with Crippen LogP contribution in [0.5, 0.6) is 5.75 Å². The molecule has 0 spiro atoms. The minimum absolute atomic E-state index is 0.266. The molecular weight excluding hydrogens is 304 g/mol. The molecule has 0 amide bonds. The van der Waals surface area contributed by atoms with Crippen LogP contribution in [-0.2, 0) is 6.42 Å². The fourth-order valence-electron chi connectivity index (χ4n) is 2.03. The number of rotatable bonds is 5. The van der Waals surface area contributed by atoms with E-state index in [0.29, 0.717) is 0 Å². The first-order valence-corrected chi connectivity index (χ1v) is 6.93. The summed E-state index contributed by atoms with van der Waals surface area (Å²) in [7, 11) is 3.65. The van der Waals surface area contributed by atoms with Crippen LogP contribution >= 0.6 is 15.9 Å². The third kappa shape index (κ3) is 3.78. The zero-order valence-electron chi connectivity index (χ0n) is 11.1. The highest BCUT2D eigenvalue weighted by molar-refractivity contribution is 9.10. The summed E-state index contributed by atoms with van der Waals surface area (Å²) in [5.41, 5.74) is 2.44. The number of benzene rings is 1. The molecule has 0 aliphatic heterocycles. The van der Waals surface area contributed by atoms with Crippen LogP contribution < -0.4 is 10.1 Å². The zero-order valence-corrected chi connectivity index (χ0v) is 12.6. The van der Waals surface area contributed by atoms with E-state index < -0.39 is 0 Å². The number of hydrogen-bond donors (Lipinski definition) is 1. The van der Waals surface area contributed by atoms with Crippen molar-refractivity contribution in [2.75, 3.05) is 14.2 Å². The molecule has 0 aliphatic carbocycles. The van der Waals surface area contributed by atoms with Crippen molar-refractivity contribution >= 4 is 15.9 Å². The number of nitrogens with zero attached hydrogens (tertiary/aromatic N) is 1. The summed E-state index contributed by atoms with van der Waals surface area (Å²) in [6, 6.07) is 10.5. The lowest BCUT2D eigenvalue weighted by Crippen LogP contribution is -2.18. The number of nitrogens with one attached hydrogen (secondary N) is 1. The number of aromatic nitrogens is 1. The molecule has 1 atom stereocenters. The number of ether oxygens (including phenoxy) is 1. The monoisotopic (exact) mass is 320 g/mol. The molecule has 1 unspecified atom stereocenters. The van der Waals surface area contributed by atoms with Crippen molar-refractivity contribution in [3.63, 3.8) is 0 Å². The average molecular weight is 321 g/mol. The Morgan fingerprint density at radius 1 is 1.26 bits per heavy atom. The summed E-state index contributed by atoms with van der Waals surface area (Å²) >= 11 is 3.45. The van der Waals surface area contributed by atoms with Gasteiger partial charge in [0.15, 0.2) is 0 Å². The van der Waals surface area contributed by atoms with Gasteiger partial charge in [-0.25, -0.2) is 0 Å². The molecule has 100 valence electrons. The highest BCUT2D eigenvalue weighted by atomic mass is 79.9. The Balaban J connectivity index is 2.15. The molecule has 0 aliphatic rings. The molecule has 0 radical (unpaired) electrons. The van der Waals surface area contributed by atoms with Crippen LogP contribution in [0.15, 0.2) is 47.2 Å². The lowest BCUT2D eigenvalue weighted by Gasteiger charge is -2.17. The molecule has 19 heavy (non-hydrogen) atoms. The Morgan fingerprint density at radius 3 is 2.58 bits per heavy atom. The summed E-state index contributed by atoms with van der Waals surface area (Å²) in [5.74, 6) is 0.878. The summed E-state index contributed by atoms with van der Waals surface area (Å²) < 4.78 is 6.19. The van der Waals surface area contributed by atoms with E-state index in [4.69, 9.17) is 4.74 Å². The van der Waals surface area contributed by atoms with Crippen molar-refractivity contribution in [3.05, 3.63) is 58.3 Å². The van der Waals surface area contributed by atoms with E-state index >= 15 is 0 Å². The van der Waals surface area contributed by atoms with Crippen molar-refractivity contribution in [3.8, 4) is 5.75 Å². The molecule has 1 aromatic carbocycles. The SMILES string of the molecule is CNC(Cc1cncc(Br)c1)c1ccc(OC)cc1. The fourth-order valence-corrected chi connectivity index (χ4v) is 2.44. The van der Waals surface area contributed by atoms with Gasteiger partial charge in [-0.05, 0) is 58.7 Å². The normalized spacial score (nSPS) is 12.2. The molecule has 1 N–H and O–H groups in total. The van der Waals surface area contributed by atoms with Gasteiger partial charge in [0, 0.05) is 22.9 Å². The van der Waals surface area contributed by atoms with E-state index in [2.05, 4.69) is 44.4 Å². The Morgan fingerprint density at radius 2 is 2.00 bits per heavy atom. The van der Waals surface area contributed by atoms with Crippen molar-refractivity contribution in [2.45, 2.75) is 12.5 Å². The Kier molecular flexibility index (Phi) is 4.93. The molecule has 4 heteroatoms. The number of halogens is 1. The first-order chi connectivity index (χ1) is 9.22. The highest BCUT2D eigenvalue weighted by Crippen LogP contribution is 2.21. The van der Waals surface area contributed by atoms with Crippen molar-refractivity contribution in [2.24, 2.45) is 0 Å². The summed E-state index contributed by atoms with van der Waals surface area (Å²) in [4.78, 5) is 4.20. The summed E-state index contributed by atoms with van der Waals surface area (Å²) in [5, 5.41) is 3.34. The Hall–Kier alpha value is -1.39. The molecule has 1 aromatic heterocycles. The molecule has 3 nitrogen and oxygen atoms in total. The fraction of sp³-hybridized carbons (Fsp3) is 0.267. The predicted octanol–water partition coefficient (Wildman–Crippen LogP) is 3.36. The van der Waals surface area contributed by atoms with Gasteiger partial charge >= 0.3 is 0 Å². The minimum Gasteiger partial charge on any atom is -0.497 e. The zero-order chi connectivity index (χ0) is 13.7. The van der Waals surface area contributed by atoms with Crippen LogP contribution in [-0.4, -0.2) is 19.1 Å². The molecule has 0 saturated heterocycles. The van der Waals surface area contributed by atoms with Gasteiger partial charge in [0.25, 0.3) is 0 Å². The van der Waals surface area contributed by atoms with E-state index in [-0.39, 0.29) is 6.04 Å². The average Bonchev–Trinajstić information content (AvgIpc) is 2.45. The van der Waals surface area contributed by atoms with E-state index in [1.165, 1.54) is 11.1 Å². The minimum atomic E-state index is 0.266. The van der Waals surface area contributed by atoms with Crippen molar-refractivity contribution in [1.29, 1.82) is 0 Å². The maximum Gasteiger partial charge on any atom is 0.118 e. The van der Waals surface area contributed by atoms with Crippen molar-refractivity contribution in [1.82, 2.24) is 10.3 Å². The molecule has 0 fully saturated rings. The van der Waals surface area contributed by atoms with Crippen LogP contribution in [0.1, 0.15) is 17.2 Å². The second-order valence-electron chi connectivity index (χ2n) is 4.33. The first-order valence-electron chi connectivity index (χ1n) is 6.13. The molecular formula is C15H17BrN2O. The van der Waals surface area contributed by atoms with E-state index in [1.54, 1.807) is 13.3 Å². The third-order valence-electron chi connectivity index (χ3n) is 3.07. The van der Waals surface area contributed by atoms with Crippen LogP contribution in [0.2, 0.25) is 0 Å². The van der Waals surface area contributed by atoms with Crippen LogP contribution in [0.4, 0.5) is 0 Å². The van der Waals surface area contributed by atoms with Gasteiger partial charge in [-0.2, -0.15) is 0 Å². The maximum absolute atomic E-state index is 5.18. The summed E-state index contributed by atoms with van der Waals surface area (Å²) in [6.07, 6.45) is 4.60. The molecule has 2 aromatic rings. The Bertz CT molecular complexity index is 528. The van der Waals surface area contributed by atoms with Crippen LogP contribution in [0, 0.1) is 0 Å². The summed E-state index contributed by atoms with van der Waals surface area (Å²) in [6.45, 7) is 0. The highest BCUT2D eigenvalue weighted by Gasteiger charge is 2.10. The molecule has 1 heterocycles.